The molecule has 0 N–H and O–H groups in total. The van der Waals surface area contributed by atoms with E-state index in [1.54, 1.807) is 36.1 Å². The van der Waals surface area contributed by atoms with E-state index in [-0.39, 0.29) is 5.56 Å². The molecule has 23 heavy (non-hydrogen) atoms. The maximum atomic E-state index is 12.5. The highest BCUT2D eigenvalue weighted by atomic mass is 35.5. The normalized spacial score (nSPS) is 15.2. The number of aryl methyl sites for hydroxylation is 1. The molecular weight excluding hydrogens is 337 g/mol. The molecule has 0 bridgehead atoms. The highest BCUT2D eigenvalue weighted by Crippen LogP contribution is 2.32. The molecule has 0 unspecified atom stereocenters. The Labute approximate surface area is 143 Å². The van der Waals surface area contributed by atoms with Crippen LogP contribution >= 0.6 is 23.2 Å². The quantitative estimate of drug-likeness (QED) is 0.761. The number of ether oxygens (including phenoxy) is 2. The summed E-state index contributed by atoms with van der Waals surface area (Å²) in [4.78, 5) is 12.5. The van der Waals surface area contributed by atoms with Gasteiger partial charge in [-0.15, -0.1) is 0 Å². The summed E-state index contributed by atoms with van der Waals surface area (Å²) in [5.41, 5.74) is 2.07. The van der Waals surface area contributed by atoms with Crippen LogP contribution in [0.15, 0.2) is 35.3 Å². The Balaban J connectivity index is 2.00. The third kappa shape index (κ3) is 3.09. The Bertz CT molecular complexity index is 856. The first kappa shape index (κ1) is 16.0. The van der Waals surface area contributed by atoms with Gasteiger partial charge in [-0.1, -0.05) is 23.2 Å². The van der Waals surface area contributed by atoms with E-state index >= 15 is 0 Å². The minimum Gasteiger partial charge on any atom is -0.492 e. The summed E-state index contributed by atoms with van der Waals surface area (Å²) in [5, 5.41) is 0.953. The van der Waals surface area contributed by atoms with E-state index in [9.17, 15) is 4.79 Å². The second-order valence-electron chi connectivity index (χ2n) is 5.32. The van der Waals surface area contributed by atoms with Crippen molar-refractivity contribution in [1.29, 1.82) is 0 Å². The van der Waals surface area contributed by atoms with Gasteiger partial charge in [0.25, 0.3) is 5.56 Å². The minimum atomic E-state index is -0.100. The van der Waals surface area contributed by atoms with Gasteiger partial charge in [0.2, 0.25) is 0 Å². The second kappa shape index (κ2) is 6.30. The number of fused-ring (bicyclic) bond motifs is 1. The summed E-state index contributed by atoms with van der Waals surface area (Å²) < 4.78 is 12.9. The van der Waals surface area contributed by atoms with Crippen LogP contribution in [0.1, 0.15) is 17.7 Å². The fraction of sp³-hybridized carbons (Fsp3) is 0.235. The molecule has 0 aliphatic carbocycles. The second-order valence-corrected chi connectivity index (χ2v) is 6.17. The van der Waals surface area contributed by atoms with Gasteiger partial charge in [-0.05, 0) is 25.1 Å². The zero-order valence-corrected chi connectivity index (χ0v) is 14.2. The van der Waals surface area contributed by atoms with Gasteiger partial charge in [0.05, 0.1) is 23.5 Å². The molecule has 1 aliphatic rings. The Morgan fingerprint density at radius 2 is 2.09 bits per heavy atom. The van der Waals surface area contributed by atoms with Crippen molar-refractivity contribution >= 4 is 28.8 Å². The Morgan fingerprint density at radius 3 is 2.83 bits per heavy atom. The van der Waals surface area contributed by atoms with Gasteiger partial charge in [-0.25, -0.2) is 0 Å². The molecule has 4 nitrogen and oxygen atoms in total. The molecule has 0 spiro atoms. The van der Waals surface area contributed by atoms with Crippen LogP contribution in [-0.2, 0) is 7.05 Å². The van der Waals surface area contributed by atoms with E-state index < -0.39 is 0 Å². The maximum Gasteiger partial charge on any atom is 0.261 e. The van der Waals surface area contributed by atoms with Gasteiger partial charge >= 0.3 is 0 Å². The topological polar surface area (TPSA) is 40.5 Å². The smallest absolute Gasteiger partial charge is 0.261 e. The van der Waals surface area contributed by atoms with Crippen LogP contribution in [0.3, 0.4) is 0 Å². The van der Waals surface area contributed by atoms with Crippen molar-refractivity contribution in [3.63, 3.8) is 0 Å². The Morgan fingerprint density at radius 1 is 1.30 bits per heavy atom. The van der Waals surface area contributed by atoms with Crippen molar-refractivity contribution in [2.45, 2.75) is 13.3 Å². The summed E-state index contributed by atoms with van der Waals surface area (Å²) in [5.74, 6) is 1.08. The number of nitrogens with zero attached hydrogens (tertiary/aromatic N) is 1. The van der Waals surface area contributed by atoms with Gasteiger partial charge < -0.3 is 14.0 Å². The molecular formula is C17H15Cl2NO3. The van der Waals surface area contributed by atoms with Crippen LogP contribution in [-0.4, -0.2) is 11.2 Å². The standard InChI is InChI=1S/C17H15Cl2NO3/c1-10-7-15-16(17(21)20(10)2)11(5-6-22-15)9-23-14-4-3-12(18)8-13(14)19/h3-4,7-9H,5-6H2,1-2H3/b11-9+. The van der Waals surface area contributed by atoms with Crippen molar-refractivity contribution in [3.05, 3.63) is 62.2 Å². The highest BCUT2D eigenvalue weighted by Gasteiger charge is 2.21. The van der Waals surface area contributed by atoms with E-state index in [4.69, 9.17) is 32.7 Å². The lowest BCUT2D eigenvalue weighted by Crippen LogP contribution is -2.26. The van der Waals surface area contributed by atoms with Gasteiger partial charge in [0, 0.05) is 35.8 Å². The number of aromatic nitrogens is 1. The summed E-state index contributed by atoms with van der Waals surface area (Å²) in [7, 11) is 1.74. The third-order valence-electron chi connectivity index (χ3n) is 3.81. The molecule has 0 amide bonds. The zero-order valence-electron chi connectivity index (χ0n) is 12.7. The molecule has 0 fully saturated rings. The fourth-order valence-corrected chi connectivity index (χ4v) is 2.87. The molecule has 0 radical (unpaired) electrons. The summed E-state index contributed by atoms with van der Waals surface area (Å²) >= 11 is 12.0. The van der Waals surface area contributed by atoms with Gasteiger partial charge in [-0.3, -0.25) is 4.79 Å². The predicted molar refractivity (Wildman–Crippen MR) is 91.6 cm³/mol. The molecule has 1 aromatic carbocycles. The predicted octanol–water partition coefficient (Wildman–Crippen LogP) is 4.20. The van der Waals surface area contributed by atoms with E-state index in [1.807, 2.05) is 13.0 Å². The first-order chi connectivity index (χ1) is 11.0. The molecule has 2 aromatic rings. The molecule has 1 aliphatic heterocycles. The maximum absolute atomic E-state index is 12.5. The average Bonchev–Trinajstić information content (AvgIpc) is 2.51. The van der Waals surface area contributed by atoms with Gasteiger partial charge in [0.1, 0.15) is 11.5 Å². The van der Waals surface area contributed by atoms with Crippen LogP contribution in [0.25, 0.3) is 5.57 Å². The van der Waals surface area contributed by atoms with Gasteiger partial charge in [0.15, 0.2) is 0 Å². The van der Waals surface area contributed by atoms with Crippen LogP contribution in [0.4, 0.5) is 0 Å². The molecule has 0 saturated carbocycles. The number of halogens is 2. The molecule has 0 atom stereocenters. The van der Waals surface area contributed by atoms with Crippen LogP contribution in [0.2, 0.25) is 10.0 Å². The van der Waals surface area contributed by atoms with Crippen LogP contribution in [0, 0.1) is 6.92 Å². The number of hydrogen-bond acceptors (Lipinski definition) is 3. The van der Waals surface area contributed by atoms with Crippen molar-refractivity contribution < 1.29 is 9.47 Å². The summed E-state index contributed by atoms with van der Waals surface area (Å²) in [6, 6.07) is 6.85. The molecule has 120 valence electrons. The molecule has 1 aromatic heterocycles. The number of rotatable bonds is 2. The van der Waals surface area contributed by atoms with Gasteiger partial charge in [-0.2, -0.15) is 0 Å². The first-order valence-corrected chi connectivity index (χ1v) is 7.87. The van der Waals surface area contributed by atoms with Crippen molar-refractivity contribution in [1.82, 2.24) is 4.57 Å². The average molecular weight is 352 g/mol. The van der Waals surface area contributed by atoms with Crippen molar-refractivity contribution in [2.75, 3.05) is 6.61 Å². The largest absolute Gasteiger partial charge is 0.492 e. The summed E-state index contributed by atoms with van der Waals surface area (Å²) in [6.45, 7) is 2.37. The lowest BCUT2D eigenvalue weighted by molar-refractivity contribution is 0.312. The Hall–Kier alpha value is -1.91. The SMILES string of the molecule is Cc1cc2c(c(=O)n1C)/C(=C/Oc1ccc(Cl)cc1Cl)CCO2. The van der Waals surface area contributed by atoms with Crippen LogP contribution in [0.5, 0.6) is 11.5 Å². The molecule has 6 heteroatoms. The van der Waals surface area contributed by atoms with E-state index in [0.29, 0.717) is 40.1 Å². The molecule has 0 saturated heterocycles. The lowest BCUT2D eigenvalue weighted by Gasteiger charge is -2.21. The monoisotopic (exact) mass is 351 g/mol. The lowest BCUT2D eigenvalue weighted by atomic mass is 10.0. The summed E-state index contributed by atoms with van der Waals surface area (Å²) in [6.07, 6.45) is 2.16. The number of benzene rings is 1. The van der Waals surface area contributed by atoms with E-state index in [0.717, 1.165) is 11.3 Å². The van der Waals surface area contributed by atoms with Crippen molar-refractivity contribution in [2.24, 2.45) is 7.05 Å². The third-order valence-corrected chi connectivity index (χ3v) is 4.34. The molecule has 2 heterocycles. The minimum absolute atomic E-state index is 0.100. The van der Waals surface area contributed by atoms with E-state index in [1.165, 1.54) is 0 Å². The number of hydrogen-bond donors (Lipinski definition) is 0. The van der Waals surface area contributed by atoms with Crippen LogP contribution < -0.4 is 15.0 Å². The fourth-order valence-electron chi connectivity index (χ4n) is 2.42. The van der Waals surface area contributed by atoms with E-state index in [2.05, 4.69) is 0 Å². The zero-order chi connectivity index (χ0) is 16.6. The molecule has 3 rings (SSSR count). The Kier molecular flexibility index (Phi) is 4.37. The highest BCUT2D eigenvalue weighted by molar-refractivity contribution is 6.35. The van der Waals surface area contributed by atoms with Crippen molar-refractivity contribution in [3.8, 4) is 11.5 Å². The first-order valence-electron chi connectivity index (χ1n) is 7.12. The number of pyridine rings is 1.